The summed E-state index contributed by atoms with van der Waals surface area (Å²) in [7, 11) is 0. The van der Waals surface area contributed by atoms with Crippen molar-refractivity contribution in [3.05, 3.63) is 41.5 Å². The van der Waals surface area contributed by atoms with Crippen LogP contribution in [0.2, 0.25) is 0 Å². The molecule has 0 radical (unpaired) electrons. The highest BCUT2D eigenvalue weighted by atomic mass is 16.5. The second-order valence-corrected chi connectivity index (χ2v) is 5.70. The molecule has 136 valence electrons. The Morgan fingerprint density at radius 3 is 3.04 bits per heavy atom. The van der Waals surface area contributed by atoms with Gasteiger partial charge < -0.3 is 20.9 Å². The maximum Gasteiger partial charge on any atom is 0.224 e. The van der Waals surface area contributed by atoms with Crippen LogP contribution in [0.3, 0.4) is 0 Å². The van der Waals surface area contributed by atoms with Crippen LogP contribution in [0, 0.1) is 0 Å². The van der Waals surface area contributed by atoms with Gasteiger partial charge in [-0.05, 0) is 12.5 Å². The van der Waals surface area contributed by atoms with Crippen molar-refractivity contribution in [1.29, 1.82) is 0 Å². The summed E-state index contributed by atoms with van der Waals surface area (Å²) in [6.07, 6.45) is 3.67. The van der Waals surface area contributed by atoms with Crippen molar-refractivity contribution in [3.8, 4) is 0 Å². The predicted octanol–water partition coefficient (Wildman–Crippen LogP) is 1.52. The third-order valence-corrected chi connectivity index (χ3v) is 3.45. The van der Waals surface area contributed by atoms with Crippen molar-refractivity contribution < 1.29 is 9.32 Å². The molecule has 0 saturated heterocycles. The first kappa shape index (κ1) is 17.4. The number of hydrogen-bond donors (Lipinski definition) is 4. The van der Waals surface area contributed by atoms with Crippen LogP contribution in [0.4, 0.5) is 17.6 Å². The number of primary amides is 1. The summed E-state index contributed by atoms with van der Waals surface area (Å²) in [6.45, 7) is 2.44. The van der Waals surface area contributed by atoms with Crippen LogP contribution in [0.1, 0.15) is 30.5 Å². The maximum absolute atomic E-state index is 10.9. The van der Waals surface area contributed by atoms with Crippen molar-refractivity contribution in [3.63, 3.8) is 0 Å². The van der Waals surface area contributed by atoms with Crippen LogP contribution >= 0.6 is 0 Å². The highest BCUT2D eigenvalue weighted by Crippen LogP contribution is 2.15. The Morgan fingerprint density at radius 2 is 2.23 bits per heavy atom. The average Bonchev–Trinajstić information content (AvgIpc) is 3.23. The smallest absolute Gasteiger partial charge is 0.224 e. The van der Waals surface area contributed by atoms with E-state index >= 15 is 0 Å². The monoisotopic (exact) mass is 356 g/mol. The summed E-state index contributed by atoms with van der Waals surface area (Å²) < 4.78 is 5.13. The van der Waals surface area contributed by atoms with Gasteiger partial charge in [0, 0.05) is 24.0 Å². The molecule has 0 aromatic carbocycles. The molecule has 3 heterocycles. The number of anilines is 3. The molecule has 0 aliphatic heterocycles. The summed E-state index contributed by atoms with van der Waals surface area (Å²) in [4.78, 5) is 19.4. The van der Waals surface area contributed by atoms with Crippen LogP contribution in [-0.4, -0.2) is 31.2 Å². The number of carbonyl (C=O) groups is 1. The van der Waals surface area contributed by atoms with E-state index in [0.29, 0.717) is 35.6 Å². The summed E-state index contributed by atoms with van der Waals surface area (Å²) in [5.41, 5.74) is 6.69. The van der Waals surface area contributed by atoms with E-state index in [-0.39, 0.29) is 6.42 Å². The molecule has 1 amide bonds. The highest BCUT2D eigenvalue weighted by molar-refractivity contribution is 5.76. The van der Waals surface area contributed by atoms with E-state index in [1.54, 1.807) is 18.3 Å². The summed E-state index contributed by atoms with van der Waals surface area (Å²) in [5, 5.41) is 17.1. The molecule has 3 aromatic heterocycles. The van der Waals surface area contributed by atoms with Gasteiger partial charge >= 0.3 is 0 Å². The van der Waals surface area contributed by atoms with Crippen LogP contribution in [0.15, 0.2) is 28.9 Å². The average molecular weight is 356 g/mol. The van der Waals surface area contributed by atoms with E-state index in [0.717, 1.165) is 18.5 Å². The fourth-order valence-corrected chi connectivity index (χ4v) is 2.33. The zero-order chi connectivity index (χ0) is 18.4. The molecule has 5 N–H and O–H groups in total. The Balaban J connectivity index is 1.58. The van der Waals surface area contributed by atoms with E-state index in [2.05, 4.69) is 42.9 Å². The van der Waals surface area contributed by atoms with Crippen molar-refractivity contribution in [2.45, 2.75) is 32.7 Å². The van der Waals surface area contributed by atoms with Crippen LogP contribution in [0.5, 0.6) is 0 Å². The van der Waals surface area contributed by atoms with Crippen molar-refractivity contribution in [2.24, 2.45) is 5.73 Å². The SMILES string of the molecule is CCCc1cc(Nc2ccnc(NCc3cc(CC(N)=O)no3)n2)n[nH]1. The molecule has 0 fully saturated rings. The molecule has 0 unspecified atom stereocenters. The molecule has 26 heavy (non-hydrogen) atoms. The lowest BCUT2D eigenvalue weighted by Crippen LogP contribution is -2.13. The van der Waals surface area contributed by atoms with Gasteiger partial charge in [0.25, 0.3) is 0 Å². The number of aromatic amines is 1. The topological polar surface area (TPSA) is 148 Å². The molecular weight excluding hydrogens is 336 g/mol. The maximum atomic E-state index is 10.9. The number of aromatic nitrogens is 5. The van der Waals surface area contributed by atoms with Gasteiger partial charge in [-0.15, -0.1) is 0 Å². The fourth-order valence-electron chi connectivity index (χ4n) is 2.33. The van der Waals surface area contributed by atoms with Crippen LogP contribution in [-0.2, 0) is 24.2 Å². The zero-order valence-electron chi connectivity index (χ0n) is 14.3. The number of aryl methyl sites for hydroxylation is 1. The minimum absolute atomic E-state index is 0.0447. The van der Waals surface area contributed by atoms with Gasteiger partial charge in [-0.25, -0.2) is 4.98 Å². The molecule has 10 heteroatoms. The Kier molecular flexibility index (Phi) is 5.42. The molecule has 3 aromatic rings. The van der Waals surface area contributed by atoms with Gasteiger partial charge in [0.1, 0.15) is 5.82 Å². The van der Waals surface area contributed by atoms with Crippen LogP contribution in [0.25, 0.3) is 0 Å². The molecule has 0 spiro atoms. The molecule has 3 rings (SSSR count). The summed E-state index contributed by atoms with van der Waals surface area (Å²) >= 11 is 0. The molecule has 10 nitrogen and oxygen atoms in total. The first-order valence-electron chi connectivity index (χ1n) is 8.23. The van der Waals surface area contributed by atoms with Gasteiger partial charge in [0.05, 0.1) is 18.7 Å². The molecule has 0 aliphatic rings. The number of hydrogen-bond acceptors (Lipinski definition) is 8. The first-order chi connectivity index (χ1) is 12.6. The predicted molar refractivity (Wildman–Crippen MR) is 94.6 cm³/mol. The zero-order valence-corrected chi connectivity index (χ0v) is 14.3. The molecule has 0 aliphatic carbocycles. The number of carbonyl (C=O) groups excluding carboxylic acids is 1. The number of nitrogens with one attached hydrogen (secondary N) is 3. The molecule has 0 bridgehead atoms. The van der Waals surface area contributed by atoms with Gasteiger partial charge in [0.2, 0.25) is 11.9 Å². The normalized spacial score (nSPS) is 10.7. The molecule has 0 saturated carbocycles. The number of amides is 1. The summed E-state index contributed by atoms with van der Waals surface area (Å²) in [6, 6.07) is 5.37. The first-order valence-corrected chi connectivity index (χ1v) is 8.23. The molecule has 0 atom stereocenters. The Hall–Kier alpha value is -3.43. The van der Waals surface area contributed by atoms with Gasteiger partial charge in [-0.3, -0.25) is 9.89 Å². The lowest BCUT2D eigenvalue weighted by molar-refractivity contribution is -0.117. The summed E-state index contributed by atoms with van der Waals surface area (Å²) in [5.74, 6) is 1.83. The standard InChI is InChI=1S/C16H20N8O2/c1-2-3-10-8-15(23-22-10)20-14-4-5-18-16(21-14)19-9-12-6-11(24-26-12)7-13(17)25/h4-6,8H,2-3,7,9H2,1H3,(H2,17,25)(H3,18,19,20,21,22,23). The Labute approximate surface area is 149 Å². The Morgan fingerprint density at radius 1 is 1.35 bits per heavy atom. The largest absolute Gasteiger partial charge is 0.369 e. The number of rotatable bonds is 9. The van der Waals surface area contributed by atoms with Crippen molar-refractivity contribution >= 4 is 23.5 Å². The fraction of sp³-hybridized carbons (Fsp3) is 0.312. The van der Waals surface area contributed by atoms with E-state index in [1.807, 2.05) is 6.07 Å². The second kappa shape index (κ2) is 8.10. The minimum atomic E-state index is -0.458. The number of nitrogens with zero attached hydrogens (tertiary/aromatic N) is 4. The minimum Gasteiger partial charge on any atom is -0.369 e. The Bertz CT molecular complexity index is 873. The molecular formula is C16H20N8O2. The van der Waals surface area contributed by atoms with Crippen molar-refractivity contribution in [1.82, 2.24) is 25.3 Å². The number of nitrogens with two attached hydrogens (primary N) is 1. The van der Waals surface area contributed by atoms with Crippen molar-refractivity contribution in [2.75, 3.05) is 10.6 Å². The van der Waals surface area contributed by atoms with E-state index < -0.39 is 5.91 Å². The lowest BCUT2D eigenvalue weighted by Gasteiger charge is -2.05. The van der Waals surface area contributed by atoms with E-state index in [1.165, 1.54) is 0 Å². The second-order valence-electron chi connectivity index (χ2n) is 5.70. The third-order valence-electron chi connectivity index (χ3n) is 3.45. The van der Waals surface area contributed by atoms with Crippen LogP contribution < -0.4 is 16.4 Å². The van der Waals surface area contributed by atoms with E-state index in [4.69, 9.17) is 10.3 Å². The van der Waals surface area contributed by atoms with Gasteiger partial charge in [0.15, 0.2) is 11.6 Å². The number of H-pyrrole nitrogens is 1. The third kappa shape index (κ3) is 4.79. The van der Waals surface area contributed by atoms with Gasteiger partial charge in [-0.2, -0.15) is 10.1 Å². The lowest BCUT2D eigenvalue weighted by atomic mass is 10.2. The quantitative estimate of drug-likeness (QED) is 0.451. The van der Waals surface area contributed by atoms with Gasteiger partial charge in [-0.1, -0.05) is 18.5 Å². The highest BCUT2D eigenvalue weighted by Gasteiger charge is 2.08. The van der Waals surface area contributed by atoms with E-state index in [9.17, 15) is 4.79 Å².